The van der Waals surface area contributed by atoms with Gasteiger partial charge in [0, 0.05) is 42.1 Å². The van der Waals surface area contributed by atoms with Gasteiger partial charge in [-0.3, -0.25) is 4.90 Å². The number of likely N-dealkylation sites (N-methyl/N-ethyl adjacent to an activating group) is 1. The summed E-state index contributed by atoms with van der Waals surface area (Å²) in [7, 11) is 3.97. The smallest absolute Gasteiger partial charge is 0.119 e. The van der Waals surface area contributed by atoms with Crippen LogP contribution in [0.15, 0.2) is 42.5 Å². The van der Waals surface area contributed by atoms with E-state index in [9.17, 15) is 0 Å². The van der Waals surface area contributed by atoms with Gasteiger partial charge in [-0.05, 0) is 62.2 Å². The molecule has 3 nitrogen and oxygen atoms in total. The van der Waals surface area contributed by atoms with Gasteiger partial charge in [0.1, 0.15) is 5.75 Å². The molecule has 0 spiro atoms. The van der Waals surface area contributed by atoms with E-state index in [1.165, 1.54) is 33.3 Å². The van der Waals surface area contributed by atoms with Gasteiger partial charge in [0.25, 0.3) is 0 Å². The molecule has 1 aliphatic heterocycles. The first kappa shape index (κ1) is 17.2. The fourth-order valence-electron chi connectivity index (χ4n) is 4.21. The molecule has 1 aromatic heterocycles. The van der Waals surface area contributed by atoms with E-state index in [-0.39, 0.29) is 0 Å². The largest absolute Gasteiger partial charge is 0.497 e. The first-order chi connectivity index (χ1) is 12.6. The van der Waals surface area contributed by atoms with Crippen molar-refractivity contribution in [3.8, 4) is 5.75 Å². The highest BCUT2D eigenvalue weighted by atomic mass is 16.5. The predicted molar refractivity (Wildman–Crippen MR) is 108 cm³/mol. The molecular weight excluding hydrogens is 320 g/mol. The lowest BCUT2D eigenvalue weighted by Gasteiger charge is -2.31. The number of nitrogens with zero attached hydrogens (tertiary/aromatic N) is 2. The summed E-state index contributed by atoms with van der Waals surface area (Å²) in [6.45, 7) is 6.57. The molecule has 1 atom stereocenters. The van der Waals surface area contributed by atoms with Gasteiger partial charge in [-0.1, -0.05) is 24.3 Å². The minimum Gasteiger partial charge on any atom is -0.497 e. The van der Waals surface area contributed by atoms with Crippen LogP contribution in [0.5, 0.6) is 5.75 Å². The zero-order valence-corrected chi connectivity index (χ0v) is 16.2. The van der Waals surface area contributed by atoms with Crippen molar-refractivity contribution in [2.75, 3.05) is 14.2 Å². The summed E-state index contributed by atoms with van der Waals surface area (Å²) in [5.41, 5.74) is 7.15. The standard InChI is InChI=1S/C23H28N2O/c1-16-7-5-6-8-18(16)11-12-25-22-10-9-19(26-4)14-20(22)21-15-24(3)17(2)13-23(21)25/h5-10,14,17H,11-13,15H2,1-4H3. The molecule has 0 fully saturated rings. The van der Waals surface area contributed by atoms with Crippen LogP contribution in [-0.4, -0.2) is 29.7 Å². The van der Waals surface area contributed by atoms with Gasteiger partial charge in [0.15, 0.2) is 0 Å². The molecule has 0 bridgehead atoms. The summed E-state index contributed by atoms with van der Waals surface area (Å²) in [6, 6.07) is 15.8. The van der Waals surface area contributed by atoms with Crippen LogP contribution in [0.4, 0.5) is 0 Å². The second-order valence-electron chi connectivity index (χ2n) is 7.60. The van der Waals surface area contributed by atoms with E-state index in [1.54, 1.807) is 7.11 Å². The molecule has 3 heteroatoms. The molecule has 4 rings (SSSR count). The Morgan fingerprint density at radius 1 is 1.15 bits per heavy atom. The van der Waals surface area contributed by atoms with Crippen LogP contribution in [-0.2, 0) is 25.9 Å². The van der Waals surface area contributed by atoms with Gasteiger partial charge < -0.3 is 9.30 Å². The zero-order chi connectivity index (χ0) is 18.3. The number of ether oxygens (including phenoxy) is 1. The third-order valence-electron chi connectivity index (χ3n) is 6.01. The lowest BCUT2D eigenvalue weighted by Crippen LogP contribution is -2.35. The van der Waals surface area contributed by atoms with Crippen LogP contribution >= 0.6 is 0 Å². The Hall–Kier alpha value is -2.26. The van der Waals surface area contributed by atoms with E-state index in [4.69, 9.17) is 4.74 Å². The monoisotopic (exact) mass is 348 g/mol. The lowest BCUT2D eigenvalue weighted by molar-refractivity contribution is 0.228. The molecule has 1 aliphatic rings. The number of hydrogen-bond acceptors (Lipinski definition) is 2. The highest BCUT2D eigenvalue weighted by Gasteiger charge is 2.26. The normalized spacial score (nSPS) is 17.5. The molecule has 2 aromatic carbocycles. The van der Waals surface area contributed by atoms with Gasteiger partial charge >= 0.3 is 0 Å². The highest BCUT2D eigenvalue weighted by Crippen LogP contribution is 2.34. The molecule has 2 heterocycles. The second-order valence-corrected chi connectivity index (χ2v) is 7.60. The molecular formula is C23H28N2O. The summed E-state index contributed by atoms with van der Waals surface area (Å²) in [4.78, 5) is 2.45. The fourth-order valence-corrected chi connectivity index (χ4v) is 4.21. The first-order valence-corrected chi connectivity index (χ1v) is 9.51. The number of aryl methyl sites for hydroxylation is 3. The van der Waals surface area contributed by atoms with Gasteiger partial charge in [0.05, 0.1) is 7.11 Å². The summed E-state index contributed by atoms with van der Waals surface area (Å²) >= 11 is 0. The molecule has 0 amide bonds. The average molecular weight is 348 g/mol. The molecule has 0 N–H and O–H groups in total. The third-order valence-corrected chi connectivity index (χ3v) is 6.01. The molecule has 3 aromatic rings. The Balaban J connectivity index is 1.78. The Morgan fingerprint density at radius 2 is 1.96 bits per heavy atom. The van der Waals surface area contributed by atoms with Crippen LogP contribution < -0.4 is 4.74 Å². The average Bonchev–Trinajstić information content (AvgIpc) is 2.93. The van der Waals surface area contributed by atoms with E-state index in [0.717, 1.165) is 31.7 Å². The summed E-state index contributed by atoms with van der Waals surface area (Å²) in [5.74, 6) is 0.942. The Kier molecular flexibility index (Phi) is 4.49. The Morgan fingerprint density at radius 3 is 2.73 bits per heavy atom. The molecule has 0 saturated heterocycles. The third kappa shape index (κ3) is 2.90. The first-order valence-electron chi connectivity index (χ1n) is 9.51. The van der Waals surface area contributed by atoms with E-state index in [2.05, 4.69) is 72.8 Å². The van der Waals surface area contributed by atoms with E-state index in [0.29, 0.717) is 6.04 Å². The van der Waals surface area contributed by atoms with Gasteiger partial charge in [-0.2, -0.15) is 0 Å². The number of hydrogen-bond donors (Lipinski definition) is 0. The predicted octanol–water partition coefficient (Wildman–Crippen LogP) is 4.58. The lowest BCUT2D eigenvalue weighted by atomic mass is 10.00. The number of benzene rings is 2. The van der Waals surface area contributed by atoms with Crippen LogP contribution in [0, 0.1) is 6.92 Å². The number of fused-ring (bicyclic) bond motifs is 3. The zero-order valence-electron chi connectivity index (χ0n) is 16.2. The van der Waals surface area contributed by atoms with Gasteiger partial charge in [0.2, 0.25) is 0 Å². The molecule has 0 saturated carbocycles. The van der Waals surface area contributed by atoms with Crippen LogP contribution in [0.3, 0.4) is 0 Å². The molecule has 0 aliphatic carbocycles. The van der Waals surface area contributed by atoms with Crippen molar-refractivity contribution in [3.05, 3.63) is 64.8 Å². The van der Waals surface area contributed by atoms with Crippen molar-refractivity contribution in [3.63, 3.8) is 0 Å². The summed E-state index contributed by atoms with van der Waals surface area (Å²) in [5, 5.41) is 1.35. The molecule has 0 radical (unpaired) electrons. The Labute approximate surface area is 156 Å². The number of methoxy groups -OCH3 is 1. The molecule has 26 heavy (non-hydrogen) atoms. The van der Waals surface area contributed by atoms with Crippen molar-refractivity contribution in [2.24, 2.45) is 0 Å². The van der Waals surface area contributed by atoms with Crippen molar-refractivity contribution in [1.29, 1.82) is 0 Å². The van der Waals surface area contributed by atoms with Crippen LogP contribution in [0.1, 0.15) is 29.3 Å². The van der Waals surface area contributed by atoms with Gasteiger partial charge in [-0.25, -0.2) is 0 Å². The van der Waals surface area contributed by atoms with Crippen molar-refractivity contribution in [1.82, 2.24) is 9.47 Å². The SMILES string of the molecule is COc1ccc2c(c1)c1c(n2CCc2ccccc2C)CC(C)N(C)C1. The maximum atomic E-state index is 5.49. The minimum atomic E-state index is 0.575. The molecule has 136 valence electrons. The van der Waals surface area contributed by atoms with Crippen LogP contribution in [0.25, 0.3) is 10.9 Å². The topological polar surface area (TPSA) is 17.4 Å². The number of rotatable bonds is 4. The van der Waals surface area contributed by atoms with Crippen molar-refractivity contribution < 1.29 is 4.74 Å². The second kappa shape index (κ2) is 6.81. The quantitative estimate of drug-likeness (QED) is 0.687. The number of aromatic nitrogens is 1. The van der Waals surface area contributed by atoms with E-state index in [1.807, 2.05) is 0 Å². The van der Waals surface area contributed by atoms with E-state index >= 15 is 0 Å². The maximum Gasteiger partial charge on any atom is 0.119 e. The maximum absolute atomic E-state index is 5.49. The Bertz CT molecular complexity index is 941. The van der Waals surface area contributed by atoms with Crippen LogP contribution in [0.2, 0.25) is 0 Å². The van der Waals surface area contributed by atoms with Crippen molar-refractivity contribution in [2.45, 2.75) is 45.8 Å². The van der Waals surface area contributed by atoms with Gasteiger partial charge in [-0.15, -0.1) is 0 Å². The minimum absolute atomic E-state index is 0.575. The summed E-state index contributed by atoms with van der Waals surface area (Å²) < 4.78 is 8.05. The summed E-state index contributed by atoms with van der Waals surface area (Å²) in [6.07, 6.45) is 2.18. The fraction of sp³-hybridized carbons (Fsp3) is 0.391. The van der Waals surface area contributed by atoms with E-state index < -0.39 is 0 Å². The van der Waals surface area contributed by atoms with Crippen molar-refractivity contribution >= 4 is 10.9 Å². The highest BCUT2D eigenvalue weighted by molar-refractivity contribution is 5.87. The molecule has 1 unspecified atom stereocenters.